The number of ether oxygens (including phenoxy) is 4. The number of rotatable bonds is 6. The number of hydrogen-bond donors (Lipinski definition) is 3. The van der Waals surface area contributed by atoms with Gasteiger partial charge < -0.3 is 34.9 Å². The Balaban J connectivity index is 2.20. The normalized spacial score (nSPS) is 19.2. The van der Waals surface area contributed by atoms with Gasteiger partial charge in [-0.1, -0.05) is 26.0 Å². The van der Waals surface area contributed by atoms with Crippen molar-refractivity contribution in [2.24, 2.45) is 5.92 Å². The van der Waals surface area contributed by atoms with Gasteiger partial charge in [-0.3, -0.25) is 9.59 Å². The average Bonchev–Trinajstić information content (AvgIpc) is 2.93. The number of amides is 3. The molecule has 2 aromatic carbocycles. The Morgan fingerprint density at radius 3 is 1.93 bits per heavy atom. The minimum atomic E-state index is -1.09. The van der Waals surface area contributed by atoms with Crippen molar-refractivity contribution >= 4 is 23.9 Å². The van der Waals surface area contributed by atoms with Crippen molar-refractivity contribution in [2.75, 3.05) is 21.3 Å². The van der Waals surface area contributed by atoms with Gasteiger partial charge >= 0.3 is 12.1 Å². The topological polar surface area (TPSA) is 141 Å². The molecule has 3 amide bonds. The summed E-state index contributed by atoms with van der Waals surface area (Å²) in [5.74, 6) is -0.611. The van der Waals surface area contributed by atoms with Gasteiger partial charge in [0.2, 0.25) is 11.8 Å². The van der Waals surface area contributed by atoms with Crippen LogP contribution in [0.15, 0.2) is 36.4 Å². The Morgan fingerprint density at radius 2 is 1.44 bits per heavy atom. The SMILES string of the molecule is COC(=O)C1Cc2ccc(OC)c(c2)-c2cc(ccc2OC)C[C@H](NC(=O)OC(C)(C)C)C(=O)NC(CC(C)C)C(=O)N1. The standard InChI is InChI=1S/C32H43N3O8/c1-18(2)13-23-28(36)34-25(30(38)42-8)17-20-10-12-27(41-7)22(15-20)21-14-19(9-11-26(21)40-6)16-24(29(37)33-23)35-31(39)43-32(3,4)5/h9-12,14-15,18,23-25H,13,16-17H2,1-8H3,(H,33,37)(H,34,36)(H,35,39)/t23?,24-,25?/m0/s1. The van der Waals surface area contributed by atoms with Crippen LogP contribution in [0.4, 0.5) is 4.79 Å². The van der Waals surface area contributed by atoms with Crippen LogP contribution in [0.1, 0.15) is 52.2 Å². The van der Waals surface area contributed by atoms with Gasteiger partial charge in [0.05, 0.1) is 21.3 Å². The quantitative estimate of drug-likeness (QED) is 0.430. The molecule has 0 aliphatic carbocycles. The second-order valence-electron chi connectivity index (χ2n) is 12.0. The summed E-state index contributed by atoms with van der Waals surface area (Å²) in [5, 5.41) is 8.24. The molecule has 0 spiro atoms. The maximum Gasteiger partial charge on any atom is 0.408 e. The van der Waals surface area contributed by atoms with Crippen LogP contribution >= 0.6 is 0 Å². The lowest BCUT2D eigenvalue weighted by molar-refractivity contribution is -0.145. The van der Waals surface area contributed by atoms with Gasteiger partial charge in [0.1, 0.15) is 35.2 Å². The number of benzene rings is 2. The van der Waals surface area contributed by atoms with Crippen molar-refractivity contribution < 1.29 is 38.1 Å². The van der Waals surface area contributed by atoms with E-state index >= 15 is 0 Å². The molecule has 3 rings (SSSR count). The van der Waals surface area contributed by atoms with Gasteiger partial charge in [0, 0.05) is 24.0 Å². The van der Waals surface area contributed by atoms with Gasteiger partial charge in [-0.05, 0) is 68.5 Å². The molecule has 1 aliphatic heterocycles. The highest BCUT2D eigenvalue weighted by molar-refractivity contribution is 5.93. The van der Waals surface area contributed by atoms with Crippen LogP contribution in [-0.2, 0) is 36.7 Å². The maximum absolute atomic E-state index is 13.7. The number of nitrogens with one attached hydrogen (secondary N) is 3. The second kappa shape index (κ2) is 14.3. The molecule has 0 saturated carbocycles. The average molecular weight is 598 g/mol. The number of carbonyl (C=O) groups excluding carboxylic acids is 4. The summed E-state index contributed by atoms with van der Waals surface area (Å²) in [5.41, 5.74) is 2.02. The summed E-state index contributed by atoms with van der Waals surface area (Å²) < 4.78 is 21.8. The van der Waals surface area contributed by atoms with E-state index in [9.17, 15) is 19.2 Å². The first kappa shape index (κ1) is 33.2. The smallest absolute Gasteiger partial charge is 0.408 e. The lowest BCUT2D eigenvalue weighted by Gasteiger charge is -2.27. The van der Waals surface area contributed by atoms with Gasteiger partial charge in [-0.15, -0.1) is 0 Å². The molecule has 2 aromatic rings. The summed E-state index contributed by atoms with van der Waals surface area (Å²) in [6.45, 7) is 9.01. The van der Waals surface area contributed by atoms with E-state index in [0.717, 1.165) is 5.56 Å². The Labute approximate surface area is 253 Å². The predicted octanol–water partition coefficient (Wildman–Crippen LogP) is 3.55. The highest BCUT2D eigenvalue weighted by atomic mass is 16.6. The Bertz CT molecular complexity index is 1330. The maximum atomic E-state index is 13.7. The Hall–Kier alpha value is -4.28. The first-order chi connectivity index (χ1) is 20.2. The molecule has 2 unspecified atom stereocenters. The van der Waals surface area contributed by atoms with Crippen LogP contribution in [0.3, 0.4) is 0 Å². The zero-order chi connectivity index (χ0) is 31.9. The fourth-order valence-corrected chi connectivity index (χ4v) is 4.90. The van der Waals surface area contributed by atoms with E-state index in [1.54, 1.807) is 53.2 Å². The molecule has 11 nitrogen and oxygen atoms in total. The van der Waals surface area contributed by atoms with Crippen molar-refractivity contribution in [3.05, 3.63) is 47.5 Å². The minimum Gasteiger partial charge on any atom is -0.496 e. The molecular weight excluding hydrogens is 554 g/mol. The Morgan fingerprint density at radius 1 is 0.884 bits per heavy atom. The van der Waals surface area contributed by atoms with Crippen molar-refractivity contribution in [2.45, 2.75) is 77.6 Å². The number of esters is 1. The van der Waals surface area contributed by atoms with Crippen LogP contribution in [0.25, 0.3) is 11.1 Å². The summed E-state index contributed by atoms with van der Waals surface area (Å²) in [4.78, 5) is 52.9. The molecule has 4 bridgehead atoms. The van der Waals surface area contributed by atoms with E-state index in [-0.39, 0.29) is 18.8 Å². The summed E-state index contributed by atoms with van der Waals surface area (Å²) in [6, 6.07) is 7.81. The molecule has 3 N–H and O–H groups in total. The molecule has 234 valence electrons. The number of methoxy groups -OCH3 is 3. The van der Waals surface area contributed by atoms with Crippen LogP contribution in [0, 0.1) is 5.92 Å². The third-order valence-electron chi connectivity index (χ3n) is 6.85. The highest BCUT2D eigenvalue weighted by Gasteiger charge is 2.32. The zero-order valence-corrected chi connectivity index (χ0v) is 26.2. The number of carbonyl (C=O) groups is 4. The molecule has 1 heterocycles. The molecule has 0 aromatic heterocycles. The lowest BCUT2D eigenvalue weighted by atomic mass is 9.95. The third-order valence-corrected chi connectivity index (χ3v) is 6.85. The Kier molecular flexibility index (Phi) is 11.0. The van der Waals surface area contributed by atoms with Crippen LogP contribution in [0.5, 0.6) is 11.5 Å². The molecule has 1 aliphatic rings. The van der Waals surface area contributed by atoms with E-state index in [4.69, 9.17) is 18.9 Å². The fraction of sp³-hybridized carbons (Fsp3) is 0.500. The summed E-state index contributed by atoms with van der Waals surface area (Å²) in [7, 11) is 4.35. The minimum absolute atomic E-state index is 0.0280. The second-order valence-corrected chi connectivity index (χ2v) is 12.0. The third kappa shape index (κ3) is 9.10. The van der Waals surface area contributed by atoms with Crippen molar-refractivity contribution in [1.82, 2.24) is 16.0 Å². The molecule has 11 heteroatoms. The largest absolute Gasteiger partial charge is 0.496 e. The molecule has 0 radical (unpaired) electrons. The van der Waals surface area contributed by atoms with E-state index in [2.05, 4.69) is 16.0 Å². The van der Waals surface area contributed by atoms with E-state index < -0.39 is 47.6 Å². The fourth-order valence-electron chi connectivity index (χ4n) is 4.90. The predicted molar refractivity (Wildman–Crippen MR) is 161 cm³/mol. The summed E-state index contributed by atoms with van der Waals surface area (Å²) in [6.07, 6.45) is -0.262. The van der Waals surface area contributed by atoms with E-state index in [0.29, 0.717) is 34.6 Å². The van der Waals surface area contributed by atoms with Crippen LogP contribution < -0.4 is 25.4 Å². The first-order valence-corrected chi connectivity index (χ1v) is 14.3. The van der Waals surface area contributed by atoms with Crippen LogP contribution in [-0.4, -0.2) is 68.9 Å². The number of fused-ring (bicyclic) bond motifs is 5. The van der Waals surface area contributed by atoms with Crippen molar-refractivity contribution in [3.8, 4) is 22.6 Å². The van der Waals surface area contributed by atoms with Crippen molar-refractivity contribution in [3.63, 3.8) is 0 Å². The van der Waals surface area contributed by atoms with E-state index in [1.807, 2.05) is 32.0 Å². The van der Waals surface area contributed by atoms with Gasteiger partial charge in [-0.2, -0.15) is 0 Å². The van der Waals surface area contributed by atoms with Gasteiger partial charge in [0.15, 0.2) is 0 Å². The van der Waals surface area contributed by atoms with Gasteiger partial charge in [0.25, 0.3) is 0 Å². The molecule has 0 saturated heterocycles. The molecule has 0 fully saturated rings. The number of hydrogen-bond acceptors (Lipinski definition) is 8. The van der Waals surface area contributed by atoms with E-state index in [1.165, 1.54) is 7.11 Å². The molecule has 3 atom stereocenters. The molecule has 43 heavy (non-hydrogen) atoms. The lowest BCUT2D eigenvalue weighted by Crippen LogP contribution is -2.57. The monoisotopic (exact) mass is 597 g/mol. The van der Waals surface area contributed by atoms with Crippen LogP contribution in [0.2, 0.25) is 0 Å². The summed E-state index contributed by atoms with van der Waals surface area (Å²) >= 11 is 0. The molecular formula is C32H43N3O8. The van der Waals surface area contributed by atoms with Gasteiger partial charge in [-0.25, -0.2) is 9.59 Å². The number of alkyl carbamates (subject to hydrolysis) is 1. The zero-order valence-electron chi connectivity index (χ0n) is 26.2. The van der Waals surface area contributed by atoms with Crippen molar-refractivity contribution in [1.29, 1.82) is 0 Å². The first-order valence-electron chi connectivity index (χ1n) is 14.3. The highest BCUT2D eigenvalue weighted by Crippen LogP contribution is 2.38.